The number of anilines is 2. The summed E-state index contributed by atoms with van der Waals surface area (Å²) in [6, 6.07) is 5.25. The zero-order chi connectivity index (χ0) is 14.0. The molecule has 0 unspecified atom stereocenters. The van der Waals surface area contributed by atoms with Crippen molar-refractivity contribution in [1.29, 1.82) is 0 Å². The molecule has 0 aliphatic carbocycles. The lowest BCUT2D eigenvalue weighted by molar-refractivity contribution is 0.102. The van der Waals surface area contributed by atoms with Crippen LogP contribution in [0.4, 0.5) is 10.8 Å². The molecular weight excluding hydrogens is 258 g/mol. The van der Waals surface area contributed by atoms with Gasteiger partial charge in [-0.1, -0.05) is 6.92 Å². The zero-order valence-corrected chi connectivity index (χ0v) is 12.1. The summed E-state index contributed by atoms with van der Waals surface area (Å²) in [5.41, 5.74) is 8.96. The number of rotatable bonds is 3. The summed E-state index contributed by atoms with van der Waals surface area (Å²) >= 11 is 1.50. The Morgan fingerprint density at radius 2 is 2.16 bits per heavy atom. The standard InChI is InChI=1S/C14H17N3OS/c1-4-12-9(3)19-14(16-12)17-13(18)10-5-6-11(15)8(2)7-10/h5-7H,4,15H2,1-3H3,(H,16,17,18). The van der Waals surface area contributed by atoms with Crippen LogP contribution in [0.25, 0.3) is 0 Å². The van der Waals surface area contributed by atoms with Crippen LogP contribution >= 0.6 is 11.3 Å². The lowest BCUT2D eigenvalue weighted by Gasteiger charge is -2.04. The Kier molecular flexibility index (Phi) is 3.85. The van der Waals surface area contributed by atoms with E-state index in [1.807, 2.05) is 13.8 Å². The minimum Gasteiger partial charge on any atom is -0.399 e. The molecular formula is C14H17N3OS. The van der Waals surface area contributed by atoms with Gasteiger partial charge >= 0.3 is 0 Å². The van der Waals surface area contributed by atoms with Crippen molar-refractivity contribution in [3.05, 3.63) is 39.9 Å². The maximum Gasteiger partial charge on any atom is 0.257 e. The summed E-state index contributed by atoms with van der Waals surface area (Å²) in [6.07, 6.45) is 0.874. The molecule has 19 heavy (non-hydrogen) atoms. The van der Waals surface area contributed by atoms with E-state index in [1.54, 1.807) is 18.2 Å². The van der Waals surface area contributed by atoms with E-state index in [9.17, 15) is 4.79 Å². The van der Waals surface area contributed by atoms with Crippen LogP contribution in [0, 0.1) is 13.8 Å². The van der Waals surface area contributed by atoms with Crippen molar-refractivity contribution in [3.8, 4) is 0 Å². The summed E-state index contributed by atoms with van der Waals surface area (Å²) in [5.74, 6) is -0.153. The molecule has 0 aliphatic heterocycles. The molecule has 0 atom stereocenters. The van der Waals surface area contributed by atoms with Gasteiger partial charge in [-0.3, -0.25) is 10.1 Å². The van der Waals surface area contributed by atoms with Crippen molar-refractivity contribution in [2.24, 2.45) is 0 Å². The van der Waals surface area contributed by atoms with Crippen molar-refractivity contribution in [2.75, 3.05) is 11.1 Å². The van der Waals surface area contributed by atoms with E-state index in [0.717, 1.165) is 22.6 Å². The third-order valence-electron chi connectivity index (χ3n) is 2.98. The van der Waals surface area contributed by atoms with Crippen LogP contribution in [-0.2, 0) is 6.42 Å². The Hall–Kier alpha value is -1.88. The van der Waals surface area contributed by atoms with Gasteiger partial charge in [-0.25, -0.2) is 4.98 Å². The molecule has 0 saturated carbocycles. The number of aryl methyl sites for hydroxylation is 3. The van der Waals surface area contributed by atoms with E-state index in [-0.39, 0.29) is 5.91 Å². The highest BCUT2D eigenvalue weighted by Gasteiger charge is 2.11. The summed E-state index contributed by atoms with van der Waals surface area (Å²) < 4.78 is 0. The van der Waals surface area contributed by atoms with Crippen molar-refractivity contribution in [1.82, 2.24) is 4.98 Å². The molecule has 2 aromatic rings. The van der Waals surface area contributed by atoms with Gasteiger partial charge in [0.15, 0.2) is 5.13 Å². The second kappa shape index (κ2) is 5.40. The first-order valence-electron chi connectivity index (χ1n) is 6.15. The van der Waals surface area contributed by atoms with Gasteiger partial charge in [-0.05, 0) is 44.0 Å². The number of nitrogens with one attached hydrogen (secondary N) is 1. The molecule has 1 aromatic heterocycles. The fraction of sp³-hybridized carbons (Fsp3) is 0.286. The van der Waals surface area contributed by atoms with Gasteiger partial charge in [0, 0.05) is 16.1 Å². The molecule has 0 saturated heterocycles. The van der Waals surface area contributed by atoms with E-state index in [4.69, 9.17) is 5.73 Å². The minimum atomic E-state index is -0.153. The number of amides is 1. The highest BCUT2D eigenvalue weighted by Crippen LogP contribution is 2.23. The Balaban J connectivity index is 2.18. The van der Waals surface area contributed by atoms with Gasteiger partial charge in [-0.15, -0.1) is 11.3 Å². The topological polar surface area (TPSA) is 68.0 Å². The quantitative estimate of drug-likeness (QED) is 0.845. The number of carbonyl (C=O) groups is 1. The van der Waals surface area contributed by atoms with E-state index in [2.05, 4.69) is 17.2 Å². The highest BCUT2D eigenvalue weighted by molar-refractivity contribution is 7.15. The van der Waals surface area contributed by atoms with Crippen molar-refractivity contribution in [3.63, 3.8) is 0 Å². The number of aromatic nitrogens is 1. The largest absolute Gasteiger partial charge is 0.399 e. The number of benzene rings is 1. The number of hydrogen-bond donors (Lipinski definition) is 2. The first-order valence-corrected chi connectivity index (χ1v) is 6.96. The van der Waals surface area contributed by atoms with Crippen LogP contribution in [0.5, 0.6) is 0 Å². The monoisotopic (exact) mass is 275 g/mol. The Morgan fingerprint density at radius 1 is 1.42 bits per heavy atom. The SMILES string of the molecule is CCc1nc(NC(=O)c2ccc(N)c(C)c2)sc1C. The van der Waals surface area contributed by atoms with Gasteiger partial charge < -0.3 is 5.73 Å². The number of nitrogens with zero attached hydrogens (tertiary/aromatic N) is 1. The molecule has 0 radical (unpaired) electrons. The number of carbonyl (C=O) groups excluding carboxylic acids is 1. The predicted octanol–water partition coefficient (Wildman–Crippen LogP) is 3.16. The number of hydrogen-bond acceptors (Lipinski definition) is 4. The Labute approximate surface area is 116 Å². The Bertz CT molecular complexity index is 619. The third kappa shape index (κ3) is 2.93. The first kappa shape index (κ1) is 13.5. The lowest BCUT2D eigenvalue weighted by atomic mass is 10.1. The molecule has 1 heterocycles. The van der Waals surface area contributed by atoms with Gasteiger partial charge in [-0.2, -0.15) is 0 Å². The molecule has 0 bridgehead atoms. The van der Waals surface area contributed by atoms with Crippen LogP contribution in [-0.4, -0.2) is 10.9 Å². The van der Waals surface area contributed by atoms with E-state index >= 15 is 0 Å². The van der Waals surface area contributed by atoms with Crippen LogP contribution in [0.3, 0.4) is 0 Å². The normalized spacial score (nSPS) is 10.5. The summed E-state index contributed by atoms with van der Waals surface area (Å²) in [7, 11) is 0. The summed E-state index contributed by atoms with van der Waals surface area (Å²) in [4.78, 5) is 17.6. The average molecular weight is 275 g/mol. The summed E-state index contributed by atoms with van der Waals surface area (Å²) in [6.45, 7) is 5.95. The van der Waals surface area contributed by atoms with Gasteiger partial charge in [0.2, 0.25) is 0 Å². The van der Waals surface area contributed by atoms with Gasteiger partial charge in [0.1, 0.15) is 0 Å². The fourth-order valence-electron chi connectivity index (χ4n) is 1.80. The molecule has 0 aliphatic rings. The number of nitrogen functional groups attached to an aromatic ring is 1. The smallest absolute Gasteiger partial charge is 0.257 e. The predicted molar refractivity (Wildman–Crippen MR) is 79.8 cm³/mol. The molecule has 100 valence electrons. The Morgan fingerprint density at radius 3 is 2.74 bits per heavy atom. The van der Waals surface area contributed by atoms with E-state index in [0.29, 0.717) is 16.4 Å². The van der Waals surface area contributed by atoms with Crippen molar-refractivity contribution < 1.29 is 4.79 Å². The fourth-order valence-corrected chi connectivity index (χ4v) is 2.69. The molecule has 4 nitrogen and oxygen atoms in total. The molecule has 0 spiro atoms. The van der Waals surface area contributed by atoms with Crippen molar-refractivity contribution >= 4 is 28.1 Å². The highest BCUT2D eigenvalue weighted by atomic mass is 32.1. The summed E-state index contributed by atoms with van der Waals surface area (Å²) in [5, 5.41) is 3.48. The van der Waals surface area contributed by atoms with Crippen molar-refractivity contribution in [2.45, 2.75) is 27.2 Å². The van der Waals surface area contributed by atoms with Crippen LogP contribution < -0.4 is 11.1 Å². The zero-order valence-electron chi connectivity index (χ0n) is 11.3. The molecule has 2 rings (SSSR count). The second-order valence-electron chi connectivity index (χ2n) is 4.40. The average Bonchev–Trinajstić information content (AvgIpc) is 2.72. The van der Waals surface area contributed by atoms with Crippen LogP contribution in [0.2, 0.25) is 0 Å². The minimum absolute atomic E-state index is 0.153. The molecule has 5 heteroatoms. The first-order chi connectivity index (χ1) is 9.01. The van der Waals surface area contributed by atoms with Crippen LogP contribution in [0.15, 0.2) is 18.2 Å². The van der Waals surface area contributed by atoms with E-state index < -0.39 is 0 Å². The maximum absolute atomic E-state index is 12.1. The van der Waals surface area contributed by atoms with Crippen LogP contribution in [0.1, 0.15) is 33.4 Å². The van der Waals surface area contributed by atoms with Gasteiger partial charge in [0.05, 0.1) is 5.69 Å². The molecule has 0 fully saturated rings. The van der Waals surface area contributed by atoms with Gasteiger partial charge in [0.25, 0.3) is 5.91 Å². The lowest BCUT2D eigenvalue weighted by Crippen LogP contribution is -2.12. The molecule has 1 aromatic carbocycles. The van der Waals surface area contributed by atoms with E-state index in [1.165, 1.54) is 11.3 Å². The third-order valence-corrected chi connectivity index (χ3v) is 3.91. The second-order valence-corrected chi connectivity index (χ2v) is 5.60. The molecule has 1 amide bonds. The number of thiazole rings is 1. The molecule has 3 N–H and O–H groups in total. The number of nitrogens with two attached hydrogens (primary N) is 1. The maximum atomic E-state index is 12.1.